The summed E-state index contributed by atoms with van der Waals surface area (Å²) in [5, 5.41) is 13.7. The quantitative estimate of drug-likeness (QED) is 0.449. The van der Waals surface area contributed by atoms with Gasteiger partial charge in [-0.15, -0.1) is 0 Å². The number of nitrogens with one attached hydrogen (secondary N) is 2. The van der Waals surface area contributed by atoms with Crippen molar-refractivity contribution in [2.24, 2.45) is 5.92 Å². The van der Waals surface area contributed by atoms with E-state index < -0.39 is 14.9 Å². The number of hydrogen-bond acceptors (Lipinski definition) is 5. The number of rotatable bonds is 9. The van der Waals surface area contributed by atoms with E-state index in [2.05, 4.69) is 10.0 Å². The summed E-state index contributed by atoms with van der Waals surface area (Å²) in [4.78, 5) is 22.5. The second-order valence-electron chi connectivity index (χ2n) is 7.54. The van der Waals surface area contributed by atoms with Crippen LogP contribution >= 0.6 is 0 Å². The van der Waals surface area contributed by atoms with E-state index in [0.29, 0.717) is 0 Å². The third-order valence-electron chi connectivity index (χ3n) is 5.42. The van der Waals surface area contributed by atoms with Gasteiger partial charge >= 0.3 is 0 Å². The summed E-state index contributed by atoms with van der Waals surface area (Å²) in [6.45, 7) is -0.119. The Kier molecular flexibility index (Phi) is 7.34. The molecule has 8 nitrogen and oxygen atoms in total. The minimum atomic E-state index is -3.89. The number of carbonyl (C=O) groups excluding carboxylic acids is 1. The molecule has 31 heavy (non-hydrogen) atoms. The van der Waals surface area contributed by atoms with E-state index in [9.17, 15) is 27.7 Å². The molecule has 166 valence electrons. The van der Waals surface area contributed by atoms with Crippen molar-refractivity contribution in [3.8, 4) is 0 Å². The Bertz CT molecular complexity index is 1020. The van der Waals surface area contributed by atoms with Gasteiger partial charge in [0.05, 0.1) is 15.9 Å². The highest BCUT2D eigenvalue weighted by molar-refractivity contribution is 7.89. The molecule has 2 N–H and O–H groups in total. The second kappa shape index (κ2) is 9.97. The number of hydrogen-bond donors (Lipinski definition) is 2. The summed E-state index contributed by atoms with van der Waals surface area (Å²) in [6, 6.07) is 10.3. The molecular formula is C21H24FN3O5S. The van der Waals surface area contributed by atoms with E-state index >= 15 is 0 Å². The van der Waals surface area contributed by atoms with Gasteiger partial charge in [-0.1, -0.05) is 25.0 Å². The lowest BCUT2D eigenvalue weighted by Gasteiger charge is -2.25. The molecule has 1 amide bonds. The van der Waals surface area contributed by atoms with Crippen LogP contribution < -0.4 is 10.0 Å². The number of nitro benzene ring substituents is 1. The Hall–Kier alpha value is -2.85. The Labute approximate surface area is 180 Å². The minimum absolute atomic E-state index is 0.0728. The van der Waals surface area contributed by atoms with Crippen LogP contribution in [0, 0.1) is 21.8 Å². The number of benzene rings is 2. The van der Waals surface area contributed by atoms with Crippen molar-refractivity contribution in [1.82, 2.24) is 10.0 Å². The van der Waals surface area contributed by atoms with Crippen molar-refractivity contribution in [2.45, 2.75) is 43.0 Å². The molecule has 2 aromatic rings. The Morgan fingerprint density at radius 3 is 2.29 bits per heavy atom. The molecule has 1 aliphatic rings. The zero-order valence-electron chi connectivity index (χ0n) is 16.8. The lowest BCUT2D eigenvalue weighted by Crippen LogP contribution is -2.35. The monoisotopic (exact) mass is 449 g/mol. The van der Waals surface area contributed by atoms with Crippen molar-refractivity contribution in [1.29, 1.82) is 0 Å². The largest absolute Gasteiger partial charge is 0.349 e. The number of halogens is 1. The normalized spacial score (nSPS) is 15.5. The van der Waals surface area contributed by atoms with Crippen LogP contribution in [0.5, 0.6) is 0 Å². The highest BCUT2D eigenvalue weighted by Crippen LogP contribution is 2.35. The molecule has 1 fully saturated rings. The molecule has 0 aromatic heterocycles. The first-order valence-corrected chi connectivity index (χ1v) is 11.5. The summed E-state index contributed by atoms with van der Waals surface area (Å²) >= 11 is 0. The maximum Gasteiger partial charge on any atom is 0.269 e. The van der Waals surface area contributed by atoms with Crippen LogP contribution in [0.15, 0.2) is 53.4 Å². The zero-order chi connectivity index (χ0) is 22.4. The molecule has 3 rings (SSSR count). The number of non-ortho nitro benzene ring substituents is 1. The first-order valence-electron chi connectivity index (χ1n) is 10.1. The van der Waals surface area contributed by atoms with Crippen LogP contribution in [0.25, 0.3) is 0 Å². The topological polar surface area (TPSA) is 118 Å². The van der Waals surface area contributed by atoms with Crippen LogP contribution in [-0.2, 0) is 14.8 Å². The molecule has 0 radical (unpaired) electrons. The van der Waals surface area contributed by atoms with E-state index in [0.717, 1.165) is 55.5 Å². The maximum atomic E-state index is 13.3. The van der Waals surface area contributed by atoms with Gasteiger partial charge in [0.15, 0.2) is 0 Å². The summed E-state index contributed by atoms with van der Waals surface area (Å²) in [6.07, 6.45) is 4.02. The molecule has 0 heterocycles. The highest BCUT2D eigenvalue weighted by Gasteiger charge is 2.28. The van der Waals surface area contributed by atoms with Crippen LogP contribution in [-0.4, -0.2) is 25.8 Å². The first-order chi connectivity index (χ1) is 14.8. The summed E-state index contributed by atoms with van der Waals surface area (Å²) in [7, 11) is -3.89. The average molecular weight is 450 g/mol. The van der Waals surface area contributed by atoms with E-state index in [-0.39, 0.29) is 47.2 Å². The van der Waals surface area contributed by atoms with Crippen molar-refractivity contribution < 1.29 is 22.5 Å². The third kappa shape index (κ3) is 6.08. The molecule has 0 bridgehead atoms. The molecule has 1 saturated carbocycles. The van der Waals surface area contributed by atoms with Gasteiger partial charge in [-0.2, -0.15) is 0 Å². The van der Waals surface area contributed by atoms with Gasteiger partial charge in [-0.05, 0) is 48.6 Å². The average Bonchev–Trinajstić information content (AvgIpc) is 3.27. The van der Waals surface area contributed by atoms with Crippen molar-refractivity contribution >= 4 is 21.6 Å². The van der Waals surface area contributed by atoms with Crippen molar-refractivity contribution in [3.05, 3.63) is 70.0 Å². The highest BCUT2D eigenvalue weighted by atomic mass is 32.2. The number of nitro groups is 1. The van der Waals surface area contributed by atoms with Crippen molar-refractivity contribution in [3.63, 3.8) is 0 Å². The van der Waals surface area contributed by atoms with Crippen LogP contribution in [0.3, 0.4) is 0 Å². The number of nitrogens with zero attached hydrogens (tertiary/aromatic N) is 1. The van der Waals surface area contributed by atoms with Gasteiger partial charge in [0, 0.05) is 25.1 Å². The van der Waals surface area contributed by atoms with Gasteiger partial charge in [0.25, 0.3) is 5.69 Å². The Morgan fingerprint density at radius 2 is 1.71 bits per heavy atom. The van der Waals surface area contributed by atoms with E-state index in [1.54, 1.807) is 12.1 Å². The number of amides is 1. The molecule has 0 saturated heterocycles. The van der Waals surface area contributed by atoms with Gasteiger partial charge in [-0.25, -0.2) is 17.5 Å². The summed E-state index contributed by atoms with van der Waals surface area (Å²) in [5.74, 6) is -0.403. The fourth-order valence-corrected chi connectivity index (χ4v) is 4.84. The molecule has 2 aromatic carbocycles. The molecular weight excluding hydrogens is 425 g/mol. The number of carbonyl (C=O) groups is 1. The minimum Gasteiger partial charge on any atom is -0.349 e. The van der Waals surface area contributed by atoms with E-state index in [1.165, 1.54) is 12.1 Å². The molecule has 10 heteroatoms. The molecule has 0 spiro atoms. The number of sulfonamides is 1. The lowest BCUT2D eigenvalue weighted by atomic mass is 9.91. The summed E-state index contributed by atoms with van der Waals surface area (Å²) in [5.41, 5.74) is 0.616. The van der Waals surface area contributed by atoms with E-state index in [1.807, 2.05) is 0 Å². The summed E-state index contributed by atoms with van der Waals surface area (Å²) < 4.78 is 40.3. The third-order valence-corrected chi connectivity index (χ3v) is 6.90. The SMILES string of the molecule is O=C(CCNS(=O)(=O)c1ccc([N+](=O)[O-])cc1)NC(c1ccc(F)cc1)C1CCCC1. The van der Waals surface area contributed by atoms with Crippen LogP contribution in [0.1, 0.15) is 43.7 Å². The van der Waals surface area contributed by atoms with Gasteiger partial charge in [0.1, 0.15) is 5.82 Å². The Balaban J connectivity index is 1.58. The van der Waals surface area contributed by atoms with E-state index in [4.69, 9.17) is 0 Å². The predicted octanol–water partition coefficient (Wildman–Crippen LogP) is 3.45. The molecule has 0 aliphatic heterocycles. The van der Waals surface area contributed by atoms with Crippen LogP contribution in [0.4, 0.5) is 10.1 Å². The van der Waals surface area contributed by atoms with Gasteiger partial charge in [0.2, 0.25) is 15.9 Å². The lowest BCUT2D eigenvalue weighted by molar-refractivity contribution is -0.384. The zero-order valence-corrected chi connectivity index (χ0v) is 17.6. The smallest absolute Gasteiger partial charge is 0.269 e. The van der Waals surface area contributed by atoms with Gasteiger partial charge in [-0.3, -0.25) is 14.9 Å². The second-order valence-corrected chi connectivity index (χ2v) is 9.31. The fourth-order valence-electron chi connectivity index (χ4n) is 3.81. The van der Waals surface area contributed by atoms with Crippen LogP contribution in [0.2, 0.25) is 0 Å². The molecule has 1 atom stereocenters. The first kappa shape index (κ1) is 22.8. The fraction of sp³-hybridized carbons (Fsp3) is 0.381. The predicted molar refractivity (Wildman–Crippen MR) is 112 cm³/mol. The maximum absolute atomic E-state index is 13.3. The molecule has 1 aliphatic carbocycles. The standard InChI is InChI=1S/C21H24FN3O5S/c22-17-7-5-16(6-8-17)21(15-3-1-2-4-15)24-20(26)13-14-23-31(29,30)19-11-9-18(10-12-19)25(27)28/h5-12,15,21,23H,1-4,13-14H2,(H,24,26). The van der Waals surface area contributed by atoms with Gasteiger partial charge < -0.3 is 5.32 Å². The Morgan fingerprint density at radius 1 is 1.10 bits per heavy atom. The van der Waals surface area contributed by atoms with Crippen molar-refractivity contribution in [2.75, 3.05) is 6.54 Å². The molecule has 1 unspecified atom stereocenters.